The van der Waals surface area contributed by atoms with Crippen LogP contribution in [0.25, 0.3) is 10.9 Å². The van der Waals surface area contributed by atoms with Crippen molar-refractivity contribution in [1.29, 1.82) is 0 Å². The Morgan fingerprint density at radius 2 is 1.58 bits per heavy atom. The van der Waals surface area contributed by atoms with Crippen molar-refractivity contribution >= 4 is 16.6 Å². The summed E-state index contributed by atoms with van der Waals surface area (Å²) in [7, 11) is 0. The molecule has 0 fully saturated rings. The molecule has 102 valence electrons. The van der Waals surface area contributed by atoms with Gasteiger partial charge in [0.1, 0.15) is 5.69 Å². The van der Waals surface area contributed by atoms with Gasteiger partial charge in [-0.3, -0.25) is 0 Å². The second-order valence-electron chi connectivity index (χ2n) is 3.79. The first kappa shape index (κ1) is 13.4. The molecule has 1 aromatic carbocycles. The third kappa shape index (κ3) is 2.42. The van der Waals surface area contributed by atoms with E-state index >= 15 is 0 Å². The predicted octanol–water partition coefficient (Wildman–Crippen LogP) is 3.85. The van der Waals surface area contributed by atoms with E-state index in [2.05, 4.69) is 4.98 Å². The lowest BCUT2D eigenvalue weighted by Crippen LogP contribution is -2.12. The molecule has 0 aliphatic rings. The summed E-state index contributed by atoms with van der Waals surface area (Å²) in [6.45, 7) is 0. The van der Waals surface area contributed by atoms with Crippen LogP contribution in [0.3, 0.4) is 0 Å². The maximum absolute atomic E-state index is 12.7. The lowest BCUT2D eigenvalue weighted by atomic mass is 10.1. The molecule has 1 aromatic heterocycles. The van der Waals surface area contributed by atoms with Crippen LogP contribution in [0.2, 0.25) is 0 Å². The number of fused-ring (bicyclic) bond motifs is 1. The highest BCUT2D eigenvalue weighted by Crippen LogP contribution is 2.38. The van der Waals surface area contributed by atoms with E-state index in [0.29, 0.717) is 12.1 Å². The van der Waals surface area contributed by atoms with Gasteiger partial charge in [0.25, 0.3) is 0 Å². The van der Waals surface area contributed by atoms with Gasteiger partial charge in [-0.25, -0.2) is 4.98 Å². The van der Waals surface area contributed by atoms with Crippen molar-refractivity contribution in [2.45, 2.75) is 12.4 Å². The molecule has 0 bridgehead atoms. The van der Waals surface area contributed by atoms with E-state index < -0.39 is 34.8 Å². The molecule has 2 rings (SSSR count). The molecule has 0 aliphatic heterocycles. The number of aromatic nitrogens is 1. The van der Waals surface area contributed by atoms with Crippen LogP contribution < -0.4 is 5.73 Å². The average Bonchev–Trinajstić information content (AvgIpc) is 2.25. The van der Waals surface area contributed by atoms with Crippen LogP contribution in [0.5, 0.6) is 0 Å². The Balaban J connectivity index is 2.84. The summed E-state index contributed by atoms with van der Waals surface area (Å²) in [4.78, 5) is 3.05. The molecule has 0 amide bonds. The number of nitrogen functional groups attached to an aromatic ring is 1. The highest BCUT2D eigenvalue weighted by Gasteiger charge is 2.37. The zero-order valence-electron chi connectivity index (χ0n) is 9.10. The average molecular weight is 280 g/mol. The Morgan fingerprint density at radius 3 is 2.11 bits per heavy atom. The van der Waals surface area contributed by atoms with E-state index in [9.17, 15) is 26.3 Å². The number of halogens is 6. The topological polar surface area (TPSA) is 38.9 Å². The number of alkyl halides is 6. The van der Waals surface area contributed by atoms with E-state index in [4.69, 9.17) is 5.73 Å². The van der Waals surface area contributed by atoms with Gasteiger partial charge in [-0.05, 0) is 12.1 Å². The molecule has 2 aromatic rings. The Morgan fingerprint density at radius 1 is 0.947 bits per heavy atom. The van der Waals surface area contributed by atoms with Crippen molar-refractivity contribution in [1.82, 2.24) is 4.98 Å². The van der Waals surface area contributed by atoms with Crippen LogP contribution in [0, 0.1) is 0 Å². The van der Waals surface area contributed by atoms with E-state index in [1.165, 1.54) is 6.07 Å². The van der Waals surface area contributed by atoms with Crippen molar-refractivity contribution in [2.24, 2.45) is 0 Å². The number of benzene rings is 1. The number of anilines is 1. The van der Waals surface area contributed by atoms with E-state index in [-0.39, 0.29) is 5.39 Å². The summed E-state index contributed by atoms with van der Waals surface area (Å²) in [6.07, 6.45) is -9.66. The molecule has 0 spiro atoms. The zero-order valence-corrected chi connectivity index (χ0v) is 9.10. The zero-order chi connectivity index (χ0) is 14.4. The fourth-order valence-corrected chi connectivity index (χ4v) is 1.65. The molecule has 0 radical (unpaired) electrons. The maximum atomic E-state index is 12.7. The lowest BCUT2D eigenvalue weighted by molar-refractivity contribution is -0.142. The third-order valence-corrected chi connectivity index (χ3v) is 2.47. The van der Waals surface area contributed by atoms with Crippen molar-refractivity contribution in [3.05, 3.63) is 35.5 Å². The second-order valence-corrected chi connectivity index (χ2v) is 3.79. The maximum Gasteiger partial charge on any atom is 0.433 e. The van der Waals surface area contributed by atoms with Crippen molar-refractivity contribution in [2.75, 3.05) is 5.73 Å². The Hall–Kier alpha value is -1.99. The van der Waals surface area contributed by atoms with E-state index in [1.54, 1.807) is 0 Å². The molecule has 8 heteroatoms. The summed E-state index contributed by atoms with van der Waals surface area (Å²) < 4.78 is 75.7. The number of nitrogens with zero attached hydrogens (tertiary/aromatic N) is 1. The molecule has 0 saturated heterocycles. The minimum Gasteiger partial charge on any atom is -0.398 e. The minimum absolute atomic E-state index is 0.164. The van der Waals surface area contributed by atoms with Gasteiger partial charge in [0.15, 0.2) is 0 Å². The standard InChI is InChI=1S/C11H6F6N2/c12-10(13,14)6-3-1-2-5-7(18)4-8(11(15,16)17)19-9(5)6/h1-4H,(H2,18,19). The highest BCUT2D eigenvalue weighted by atomic mass is 19.4. The highest BCUT2D eigenvalue weighted by molar-refractivity contribution is 5.92. The molecule has 1 heterocycles. The molecule has 2 nitrogen and oxygen atoms in total. The number of nitrogens with two attached hydrogens (primary N) is 1. The fraction of sp³-hybridized carbons (Fsp3) is 0.182. The molecule has 2 N–H and O–H groups in total. The molecule has 0 aliphatic carbocycles. The minimum atomic E-state index is -4.86. The lowest BCUT2D eigenvalue weighted by Gasteiger charge is -2.13. The van der Waals surface area contributed by atoms with Crippen LogP contribution in [0.15, 0.2) is 24.3 Å². The third-order valence-electron chi connectivity index (χ3n) is 2.47. The first-order chi connectivity index (χ1) is 8.60. The first-order valence-electron chi connectivity index (χ1n) is 4.94. The molecule has 0 unspecified atom stereocenters. The molecule has 0 atom stereocenters. The number of hydrogen-bond acceptors (Lipinski definition) is 2. The molecular weight excluding hydrogens is 274 g/mol. The van der Waals surface area contributed by atoms with Gasteiger partial charge in [0.05, 0.1) is 11.1 Å². The quantitative estimate of drug-likeness (QED) is 0.744. The van der Waals surface area contributed by atoms with Crippen molar-refractivity contribution < 1.29 is 26.3 Å². The molecular formula is C11H6F6N2. The van der Waals surface area contributed by atoms with Crippen LogP contribution in [0.4, 0.5) is 32.0 Å². The van der Waals surface area contributed by atoms with Gasteiger partial charge >= 0.3 is 12.4 Å². The van der Waals surface area contributed by atoms with Gasteiger partial charge < -0.3 is 5.73 Å². The summed E-state index contributed by atoms with van der Waals surface area (Å²) in [5.41, 5.74) is 1.46. The van der Waals surface area contributed by atoms with E-state index in [1.807, 2.05) is 0 Å². The van der Waals surface area contributed by atoms with Crippen LogP contribution >= 0.6 is 0 Å². The smallest absolute Gasteiger partial charge is 0.398 e. The van der Waals surface area contributed by atoms with Gasteiger partial charge in [0.2, 0.25) is 0 Å². The van der Waals surface area contributed by atoms with Gasteiger partial charge in [-0.2, -0.15) is 26.3 Å². The Bertz CT molecular complexity index is 629. The van der Waals surface area contributed by atoms with Gasteiger partial charge in [-0.1, -0.05) is 12.1 Å². The molecule has 19 heavy (non-hydrogen) atoms. The van der Waals surface area contributed by atoms with Crippen molar-refractivity contribution in [3.8, 4) is 0 Å². The van der Waals surface area contributed by atoms with Crippen LogP contribution in [-0.2, 0) is 12.4 Å². The van der Waals surface area contributed by atoms with Gasteiger partial charge in [-0.15, -0.1) is 0 Å². The largest absolute Gasteiger partial charge is 0.433 e. The summed E-state index contributed by atoms with van der Waals surface area (Å²) >= 11 is 0. The normalized spacial score (nSPS) is 12.9. The summed E-state index contributed by atoms with van der Waals surface area (Å²) in [5.74, 6) is 0. The van der Waals surface area contributed by atoms with Crippen molar-refractivity contribution in [3.63, 3.8) is 0 Å². The van der Waals surface area contributed by atoms with Crippen LogP contribution in [-0.4, -0.2) is 4.98 Å². The number of pyridine rings is 1. The van der Waals surface area contributed by atoms with Gasteiger partial charge in [0, 0.05) is 11.1 Å². The summed E-state index contributed by atoms with van der Waals surface area (Å²) in [5, 5.41) is -0.164. The monoisotopic (exact) mass is 280 g/mol. The predicted molar refractivity (Wildman–Crippen MR) is 56.2 cm³/mol. The number of rotatable bonds is 0. The SMILES string of the molecule is Nc1cc(C(F)(F)F)nc2c(C(F)(F)F)cccc12. The fourth-order valence-electron chi connectivity index (χ4n) is 1.65. The van der Waals surface area contributed by atoms with Crippen LogP contribution in [0.1, 0.15) is 11.3 Å². The second kappa shape index (κ2) is 4.01. The Labute approximate surface area is 102 Å². The Kier molecular flexibility index (Phi) is 2.83. The molecule has 0 saturated carbocycles. The number of hydrogen-bond donors (Lipinski definition) is 1. The number of para-hydroxylation sites is 1. The van der Waals surface area contributed by atoms with E-state index in [0.717, 1.165) is 6.07 Å². The first-order valence-corrected chi connectivity index (χ1v) is 4.94. The summed E-state index contributed by atoms with van der Waals surface area (Å²) in [6, 6.07) is 3.43.